The minimum absolute atomic E-state index is 0.387. The van der Waals surface area contributed by atoms with Crippen LogP contribution >= 0.6 is 12.6 Å². The van der Waals surface area contributed by atoms with Crippen molar-refractivity contribution in [2.45, 2.75) is 26.4 Å². The van der Waals surface area contributed by atoms with Crippen molar-refractivity contribution in [3.8, 4) is 0 Å². The molecule has 8 heavy (non-hydrogen) atoms. The fourth-order valence-electron chi connectivity index (χ4n) is 0.550. The van der Waals surface area contributed by atoms with Crippen LogP contribution in [0.2, 0.25) is 0 Å². The van der Waals surface area contributed by atoms with Gasteiger partial charge in [0.15, 0.2) is 0 Å². The molecular weight excluding hydrogens is 120 g/mol. The summed E-state index contributed by atoms with van der Waals surface area (Å²) in [6, 6.07) is 0. The highest BCUT2D eigenvalue weighted by Gasteiger charge is 1.95. The number of hydrogen-bond acceptors (Lipinski definition) is 2. The van der Waals surface area contributed by atoms with Gasteiger partial charge in [-0.1, -0.05) is 0 Å². The van der Waals surface area contributed by atoms with Crippen molar-refractivity contribution >= 4 is 12.6 Å². The molecule has 0 bridgehead atoms. The third kappa shape index (κ3) is 4.47. The van der Waals surface area contributed by atoms with E-state index in [0.717, 1.165) is 18.8 Å². The van der Waals surface area contributed by atoms with Crippen LogP contribution in [-0.2, 0) is 4.74 Å². The first-order chi connectivity index (χ1) is 3.81. The van der Waals surface area contributed by atoms with Crippen molar-refractivity contribution in [1.29, 1.82) is 0 Å². The molecule has 0 aliphatic rings. The van der Waals surface area contributed by atoms with Crippen molar-refractivity contribution in [3.05, 3.63) is 0 Å². The summed E-state index contributed by atoms with van der Waals surface area (Å²) in [6.45, 7) is 4.89. The standard InChI is InChI=1S/C6H14OS/c1-3-7-6(2)4-5-8/h6,8H,3-5H2,1-2H3. The van der Waals surface area contributed by atoms with Gasteiger partial charge in [-0.25, -0.2) is 0 Å². The van der Waals surface area contributed by atoms with Crippen LogP contribution < -0.4 is 0 Å². The van der Waals surface area contributed by atoms with Crippen molar-refractivity contribution in [2.75, 3.05) is 12.4 Å². The van der Waals surface area contributed by atoms with Crippen molar-refractivity contribution in [3.63, 3.8) is 0 Å². The number of thiol groups is 1. The zero-order valence-electron chi connectivity index (χ0n) is 5.55. The van der Waals surface area contributed by atoms with Gasteiger partial charge in [-0.2, -0.15) is 12.6 Å². The molecule has 0 saturated heterocycles. The van der Waals surface area contributed by atoms with E-state index >= 15 is 0 Å². The molecule has 50 valence electrons. The van der Waals surface area contributed by atoms with E-state index in [-0.39, 0.29) is 0 Å². The zero-order valence-corrected chi connectivity index (χ0v) is 6.45. The minimum Gasteiger partial charge on any atom is -0.379 e. The molecule has 1 nitrogen and oxygen atoms in total. The predicted octanol–water partition coefficient (Wildman–Crippen LogP) is 1.73. The van der Waals surface area contributed by atoms with E-state index in [0.29, 0.717) is 6.10 Å². The molecule has 0 fully saturated rings. The summed E-state index contributed by atoms with van der Waals surface area (Å²) in [4.78, 5) is 0. The lowest BCUT2D eigenvalue weighted by atomic mass is 10.3. The minimum atomic E-state index is 0.387. The van der Waals surface area contributed by atoms with E-state index in [1.165, 1.54) is 0 Å². The van der Waals surface area contributed by atoms with Gasteiger partial charge in [-0.05, 0) is 26.0 Å². The van der Waals surface area contributed by atoms with E-state index in [1.54, 1.807) is 0 Å². The van der Waals surface area contributed by atoms with Crippen LogP contribution in [0.4, 0.5) is 0 Å². The zero-order chi connectivity index (χ0) is 6.41. The third-order valence-corrected chi connectivity index (χ3v) is 1.25. The smallest absolute Gasteiger partial charge is 0.0554 e. The van der Waals surface area contributed by atoms with Gasteiger partial charge in [-0.15, -0.1) is 0 Å². The molecule has 0 rings (SSSR count). The fraction of sp³-hybridized carbons (Fsp3) is 1.00. The van der Waals surface area contributed by atoms with Gasteiger partial charge in [0.25, 0.3) is 0 Å². The van der Waals surface area contributed by atoms with Gasteiger partial charge >= 0.3 is 0 Å². The second-order valence-electron chi connectivity index (χ2n) is 1.78. The monoisotopic (exact) mass is 134 g/mol. The lowest BCUT2D eigenvalue weighted by Gasteiger charge is -2.07. The van der Waals surface area contributed by atoms with Crippen LogP contribution in [0.15, 0.2) is 0 Å². The van der Waals surface area contributed by atoms with Crippen LogP contribution in [0, 0.1) is 0 Å². The maximum atomic E-state index is 5.23. The summed E-state index contributed by atoms with van der Waals surface area (Å²) in [5.41, 5.74) is 0. The Morgan fingerprint density at radius 1 is 1.62 bits per heavy atom. The molecule has 0 radical (unpaired) electrons. The Balaban J connectivity index is 2.92. The average molecular weight is 134 g/mol. The average Bonchev–Trinajstić information content (AvgIpc) is 1.68. The molecule has 0 saturated carbocycles. The molecule has 2 heteroatoms. The van der Waals surface area contributed by atoms with Crippen molar-refractivity contribution in [2.24, 2.45) is 0 Å². The van der Waals surface area contributed by atoms with E-state index < -0.39 is 0 Å². The van der Waals surface area contributed by atoms with Crippen molar-refractivity contribution in [1.82, 2.24) is 0 Å². The summed E-state index contributed by atoms with van der Waals surface area (Å²) in [5.74, 6) is 0.918. The molecule has 0 aliphatic heterocycles. The largest absolute Gasteiger partial charge is 0.379 e. The summed E-state index contributed by atoms with van der Waals surface area (Å²) in [7, 11) is 0. The highest BCUT2D eigenvalue weighted by atomic mass is 32.1. The second-order valence-corrected chi connectivity index (χ2v) is 2.23. The van der Waals surface area contributed by atoms with Crippen LogP contribution in [-0.4, -0.2) is 18.5 Å². The predicted molar refractivity (Wildman–Crippen MR) is 39.6 cm³/mol. The fourth-order valence-corrected chi connectivity index (χ4v) is 0.913. The molecule has 0 N–H and O–H groups in total. The first-order valence-electron chi connectivity index (χ1n) is 3.03. The summed E-state index contributed by atoms with van der Waals surface area (Å²) in [6.07, 6.45) is 1.44. The molecule has 1 unspecified atom stereocenters. The van der Waals surface area contributed by atoms with Gasteiger partial charge in [-0.3, -0.25) is 0 Å². The molecule has 0 amide bonds. The molecule has 0 spiro atoms. The SMILES string of the molecule is CCOC(C)CCS. The summed E-state index contributed by atoms with van der Waals surface area (Å²) >= 11 is 4.07. The van der Waals surface area contributed by atoms with Gasteiger partial charge < -0.3 is 4.74 Å². The normalized spacial score (nSPS) is 13.9. The quantitative estimate of drug-likeness (QED) is 0.576. The first kappa shape index (κ1) is 8.31. The van der Waals surface area contributed by atoms with E-state index in [9.17, 15) is 0 Å². The van der Waals surface area contributed by atoms with Gasteiger partial charge in [0.2, 0.25) is 0 Å². The topological polar surface area (TPSA) is 9.23 Å². The molecule has 0 aromatic heterocycles. The Kier molecular flexibility index (Phi) is 5.66. The van der Waals surface area contributed by atoms with Gasteiger partial charge in [0.05, 0.1) is 6.10 Å². The third-order valence-electron chi connectivity index (χ3n) is 0.987. The molecular formula is C6H14OS. The molecule has 0 heterocycles. The van der Waals surface area contributed by atoms with E-state index in [1.807, 2.05) is 6.92 Å². The number of hydrogen-bond donors (Lipinski definition) is 1. The van der Waals surface area contributed by atoms with Crippen LogP contribution in [0.3, 0.4) is 0 Å². The summed E-state index contributed by atoms with van der Waals surface area (Å²) in [5, 5.41) is 0. The second kappa shape index (κ2) is 5.45. The highest BCUT2D eigenvalue weighted by molar-refractivity contribution is 7.80. The Morgan fingerprint density at radius 2 is 2.25 bits per heavy atom. The maximum Gasteiger partial charge on any atom is 0.0554 e. The lowest BCUT2D eigenvalue weighted by molar-refractivity contribution is 0.0748. The lowest BCUT2D eigenvalue weighted by Crippen LogP contribution is -2.07. The first-order valence-corrected chi connectivity index (χ1v) is 3.67. The molecule has 0 aromatic carbocycles. The molecule has 0 aliphatic carbocycles. The Morgan fingerprint density at radius 3 is 2.62 bits per heavy atom. The van der Waals surface area contributed by atoms with E-state index in [4.69, 9.17) is 4.74 Å². The van der Waals surface area contributed by atoms with Crippen molar-refractivity contribution < 1.29 is 4.74 Å². The van der Waals surface area contributed by atoms with E-state index in [2.05, 4.69) is 19.6 Å². The molecule has 0 aromatic rings. The van der Waals surface area contributed by atoms with Crippen LogP contribution in [0.5, 0.6) is 0 Å². The maximum absolute atomic E-state index is 5.23. The Hall–Kier alpha value is 0.310. The van der Waals surface area contributed by atoms with Crippen LogP contribution in [0.1, 0.15) is 20.3 Å². The summed E-state index contributed by atoms with van der Waals surface area (Å²) < 4.78 is 5.23. The Labute approximate surface area is 56.8 Å². The van der Waals surface area contributed by atoms with Crippen LogP contribution in [0.25, 0.3) is 0 Å². The molecule has 1 atom stereocenters. The van der Waals surface area contributed by atoms with Gasteiger partial charge in [0, 0.05) is 6.61 Å². The van der Waals surface area contributed by atoms with Gasteiger partial charge in [0.1, 0.15) is 0 Å². The Bertz CT molecular complexity index is 41.8. The number of ether oxygens (including phenoxy) is 1. The highest BCUT2D eigenvalue weighted by Crippen LogP contribution is 1.96. The number of rotatable bonds is 4.